The van der Waals surface area contributed by atoms with Crippen LogP contribution in [0.15, 0.2) is 42.5 Å². The SMILES string of the molecule is CCCCNC(=O)C(CC)N(Cc1ccc(Cl)c(Cl)c1)C(=O)COc1cccc(C)c1. The standard InChI is InChI=1S/C24H30Cl2N2O3/c1-4-6-12-27-24(30)22(5-2)28(15-18-10-11-20(25)21(26)14-18)23(29)16-31-19-9-7-8-17(3)13-19/h7-11,13-14,22H,4-6,12,15-16H2,1-3H3,(H,27,30). The zero-order valence-electron chi connectivity index (χ0n) is 18.3. The molecular formula is C24H30Cl2N2O3. The molecule has 0 aliphatic carbocycles. The van der Waals surface area contributed by atoms with Gasteiger partial charge in [-0.15, -0.1) is 0 Å². The van der Waals surface area contributed by atoms with E-state index >= 15 is 0 Å². The predicted octanol–water partition coefficient (Wildman–Crippen LogP) is 5.40. The number of hydrogen-bond acceptors (Lipinski definition) is 3. The smallest absolute Gasteiger partial charge is 0.261 e. The van der Waals surface area contributed by atoms with Crippen molar-refractivity contribution < 1.29 is 14.3 Å². The first-order valence-electron chi connectivity index (χ1n) is 10.6. The molecule has 1 unspecified atom stereocenters. The number of rotatable bonds is 11. The molecule has 2 aromatic carbocycles. The maximum atomic E-state index is 13.2. The molecule has 31 heavy (non-hydrogen) atoms. The molecule has 0 aromatic heterocycles. The second-order valence-electron chi connectivity index (χ2n) is 7.44. The van der Waals surface area contributed by atoms with E-state index in [9.17, 15) is 9.59 Å². The molecule has 168 valence electrons. The molecule has 0 saturated carbocycles. The van der Waals surface area contributed by atoms with Gasteiger partial charge in [0.1, 0.15) is 11.8 Å². The van der Waals surface area contributed by atoms with Gasteiger partial charge >= 0.3 is 0 Å². The van der Waals surface area contributed by atoms with Gasteiger partial charge in [-0.2, -0.15) is 0 Å². The van der Waals surface area contributed by atoms with Crippen molar-refractivity contribution in [2.45, 2.75) is 52.6 Å². The van der Waals surface area contributed by atoms with Crippen molar-refractivity contribution in [2.75, 3.05) is 13.2 Å². The van der Waals surface area contributed by atoms with Gasteiger partial charge in [0.15, 0.2) is 6.61 Å². The maximum Gasteiger partial charge on any atom is 0.261 e. The van der Waals surface area contributed by atoms with Crippen molar-refractivity contribution in [3.05, 3.63) is 63.6 Å². The Kier molecular flexibility index (Phi) is 10.2. The highest BCUT2D eigenvalue weighted by Crippen LogP contribution is 2.24. The van der Waals surface area contributed by atoms with E-state index in [-0.39, 0.29) is 25.0 Å². The van der Waals surface area contributed by atoms with Crippen LogP contribution in [-0.4, -0.2) is 35.9 Å². The zero-order valence-corrected chi connectivity index (χ0v) is 19.8. The summed E-state index contributed by atoms with van der Waals surface area (Å²) in [6, 6.07) is 12.1. The monoisotopic (exact) mass is 464 g/mol. The summed E-state index contributed by atoms with van der Waals surface area (Å²) in [5.74, 6) is 0.174. The number of hydrogen-bond donors (Lipinski definition) is 1. The third-order valence-electron chi connectivity index (χ3n) is 4.90. The molecule has 2 amide bonds. The van der Waals surface area contributed by atoms with E-state index < -0.39 is 6.04 Å². The molecule has 0 aliphatic rings. The highest BCUT2D eigenvalue weighted by molar-refractivity contribution is 6.42. The number of carbonyl (C=O) groups excluding carboxylic acids is 2. The first kappa shape index (κ1) is 25.0. The van der Waals surface area contributed by atoms with Gasteiger partial charge in [-0.1, -0.05) is 61.7 Å². The number of aryl methyl sites for hydroxylation is 1. The van der Waals surface area contributed by atoms with Gasteiger partial charge in [-0.3, -0.25) is 9.59 Å². The van der Waals surface area contributed by atoms with Crippen LogP contribution in [-0.2, 0) is 16.1 Å². The fourth-order valence-electron chi connectivity index (χ4n) is 3.19. The van der Waals surface area contributed by atoms with Crippen molar-refractivity contribution in [1.29, 1.82) is 0 Å². The van der Waals surface area contributed by atoms with E-state index in [4.69, 9.17) is 27.9 Å². The molecule has 1 atom stereocenters. The van der Waals surface area contributed by atoms with Crippen LogP contribution < -0.4 is 10.1 Å². The summed E-state index contributed by atoms with van der Waals surface area (Å²) >= 11 is 12.2. The fourth-order valence-corrected chi connectivity index (χ4v) is 3.51. The van der Waals surface area contributed by atoms with Crippen LogP contribution in [0.25, 0.3) is 0 Å². The lowest BCUT2D eigenvalue weighted by Gasteiger charge is -2.30. The molecule has 0 bridgehead atoms. The van der Waals surface area contributed by atoms with Crippen LogP contribution in [0.1, 0.15) is 44.2 Å². The molecule has 0 fully saturated rings. The fraction of sp³-hybridized carbons (Fsp3) is 0.417. The third kappa shape index (κ3) is 7.75. The van der Waals surface area contributed by atoms with Gasteiger partial charge in [0.05, 0.1) is 10.0 Å². The lowest BCUT2D eigenvalue weighted by molar-refractivity contribution is -0.143. The first-order chi connectivity index (χ1) is 14.8. The van der Waals surface area contributed by atoms with Crippen LogP contribution in [0.3, 0.4) is 0 Å². The van der Waals surface area contributed by atoms with Crippen LogP contribution in [0.2, 0.25) is 10.0 Å². The maximum absolute atomic E-state index is 13.2. The summed E-state index contributed by atoms with van der Waals surface area (Å²) in [5.41, 5.74) is 1.83. The van der Waals surface area contributed by atoms with E-state index in [1.54, 1.807) is 29.2 Å². The van der Waals surface area contributed by atoms with Gasteiger partial charge in [0.2, 0.25) is 5.91 Å². The second kappa shape index (κ2) is 12.6. The van der Waals surface area contributed by atoms with E-state index in [1.807, 2.05) is 32.0 Å². The Bertz CT molecular complexity index is 889. The largest absolute Gasteiger partial charge is 0.484 e. The molecule has 0 radical (unpaired) electrons. The van der Waals surface area contributed by atoms with Gasteiger partial charge in [0.25, 0.3) is 5.91 Å². The Balaban J connectivity index is 2.20. The number of carbonyl (C=O) groups is 2. The van der Waals surface area contributed by atoms with E-state index in [1.165, 1.54) is 0 Å². The molecule has 0 heterocycles. The lowest BCUT2D eigenvalue weighted by atomic mass is 10.1. The van der Waals surface area contributed by atoms with Gasteiger partial charge < -0.3 is 15.0 Å². The molecule has 5 nitrogen and oxygen atoms in total. The Morgan fingerprint density at radius 1 is 1.10 bits per heavy atom. The highest BCUT2D eigenvalue weighted by atomic mass is 35.5. The van der Waals surface area contributed by atoms with Crippen LogP contribution >= 0.6 is 23.2 Å². The number of ether oxygens (including phenoxy) is 1. The normalized spacial score (nSPS) is 11.6. The summed E-state index contributed by atoms with van der Waals surface area (Å²) in [5, 5.41) is 3.78. The number of unbranched alkanes of at least 4 members (excludes halogenated alkanes) is 1. The Labute approximate surface area is 194 Å². The average Bonchev–Trinajstić information content (AvgIpc) is 2.74. The van der Waals surface area contributed by atoms with E-state index in [0.717, 1.165) is 24.0 Å². The summed E-state index contributed by atoms with van der Waals surface area (Å²) in [6.45, 7) is 6.56. The van der Waals surface area contributed by atoms with Crippen LogP contribution in [0, 0.1) is 6.92 Å². The quantitative estimate of drug-likeness (QED) is 0.452. The van der Waals surface area contributed by atoms with Crippen molar-refractivity contribution in [2.24, 2.45) is 0 Å². The number of nitrogens with zero attached hydrogens (tertiary/aromatic N) is 1. The molecular weight excluding hydrogens is 435 g/mol. The van der Waals surface area contributed by atoms with Gasteiger partial charge in [-0.05, 0) is 55.2 Å². The number of nitrogens with one attached hydrogen (secondary N) is 1. The van der Waals surface area contributed by atoms with Crippen molar-refractivity contribution in [3.8, 4) is 5.75 Å². The van der Waals surface area contributed by atoms with Crippen LogP contribution in [0.5, 0.6) is 5.75 Å². The summed E-state index contributed by atoms with van der Waals surface area (Å²) in [7, 11) is 0. The van der Waals surface area contributed by atoms with E-state index in [0.29, 0.717) is 28.8 Å². The van der Waals surface area contributed by atoms with E-state index in [2.05, 4.69) is 12.2 Å². The number of benzene rings is 2. The zero-order chi connectivity index (χ0) is 22.8. The van der Waals surface area contributed by atoms with Gasteiger partial charge in [0, 0.05) is 13.1 Å². The van der Waals surface area contributed by atoms with Crippen molar-refractivity contribution in [1.82, 2.24) is 10.2 Å². The number of halogens is 2. The highest BCUT2D eigenvalue weighted by Gasteiger charge is 2.29. The Hall–Kier alpha value is -2.24. The molecule has 0 saturated heterocycles. The second-order valence-corrected chi connectivity index (χ2v) is 8.26. The molecule has 0 spiro atoms. The van der Waals surface area contributed by atoms with Gasteiger partial charge in [-0.25, -0.2) is 0 Å². The summed E-state index contributed by atoms with van der Waals surface area (Å²) < 4.78 is 5.71. The molecule has 0 aliphatic heterocycles. The predicted molar refractivity (Wildman–Crippen MR) is 126 cm³/mol. The molecule has 1 N–H and O–H groups in total. The molecule has 7 heteroatoms. The minimum Gasteiger partial charge on any atom is -0.484 e. The first-order valence-corrected chi connectivity index (χ1v) is 11.3. The van der Waals surface area contributed by atoms with Crippen molar-refractivity contribution >= 4 is 35.0 Å². The average molecular weight is 465 g/mol. The minimum atomic E-state index is -0.611. The topological polar surface area (TPSA) is 58.6 Å². The van der Waals surface area contributed by atoms with Crippen LogP contribution in [0.4, 0.5) is 0 Å². The Morgan fingerprint density at radius 2 is 1.87 bits per heavy atom. The number of amides is 2. The lowest BCUT2D eigenvalue weighted by Crippen LogP contribution is -2.50. The van der Waals surface area contributed by atoms with Crippen molar-refractivity contribution in [3.63, 3.8) is 0 Å². The third-order valence-corrected chi connectivity index (χ3v) is 5.64. The molecule has 2 rings (SSSR count). The molecule has 2 aromatic rings. The Morgan fingerprint density at radius 3 is 2.52 bits per heavy atom. The minimum absolute atomic E-state index is 0.163. The summed E-state index contributed by atoms with van der Waals surface area (Å²) in [6.07, 6.45) is 2.35. The summed E-state index contributed by atoms with van der Waals surface area (Å²) in [4.78, 5) is 27.5.